The minimum atomic E-state index is -0.589. The van der Waals surface area contributed by atoms with Crippen molar-refractivity contribution in [2.45, 2.75) is 12.5 Å². The first-order valence-electron chi connectivity index (χ1n) is 7.82. The predicted octanol–water partition coefficient (Wildman–Crippen LogP) is 4.41. The molecule has 0 amide bonds. The molecule has 2 N–H and O–H groups in total. The standard InChI is InChI=1S/C19H18Cl2N2O/c20-16-6-3-5-14(11-16)18(24)12-22-9-8-15-10-13-4-1-2-7-17(13)23-19(15)21/h1-7,10-11,18,22,24H,8-9,12H2. The summed E-state index contributed by atoms with van der Waals surface area (Å²) in [5.74, 6) is 0. The maximum atomic E-state index is 10.2. The summed E-state index contributed by atoms with van der Waals surface area (Å²) in [5, 5.41) is 15.7. The summed E-state index contributed by atoms with van der Waals surface area (Å²) in [6.07, 6.45) is 0.160. The molecule has 24 heavy (non-hydrogen) atoms. The van der Waals surface area contributed by atoms with Gasteiger partial charge in [0, 0.05) is 17.0 Å². The van der Waals surface area contributed by atoms with E-state index >= 15 is 0 Å². The Morgan fingerprint density at radius 2 is 1.88 bits per heavy atom. The lowest BCUT2D eigenvalue weighted by atomic mass is 10.1. The van der Waals surface area contributed by atoms with Crippen molar-refractivity contribution in [1.29, 1.82) is 0 Å². The first-order chi connectivity index (χ1) is 11.6. The Morgan fingerprint density at radius 3 is 2.71 bits per heavy atom. The van der Waals surface area contributed by atoms with Gasteiger partial charge in [-0.2, -0.15) is 0 Å². The zero-order chi connectivity index (χ0) is 16.9. The summed E-state index contributed by atoms with van der Waals surface area (Å²) in [6.45, 7) is 1.16. The molecular formula is C19H18Cl2N2O. The number of benzene rings is 2. The van der Waals surface area contributed by atoms with Gasteiger partial charge in [-0.1, -0.05) is 53.5 Å². The van der Waals surface area contributed by atoms with Crippen LogP contribution in [-0.2, 0) is 6.42 Å². The van der Waals surface area contributed by atoms with Crippen molar-refractivity contribution in [3.63, 3.8) is 0 Å². The molecular weight excluding hydrogens is 343 g/mol. The van der Waals surface area contributed by atoms with Crippen molar-refractivity contribution < 1.29 is 5.11 Å². The number of pyridine rings is 1. The maximum Gasteiger partial charge on any atom is 0.133 e. The van der Waals surface area contributed by atoms with Gasteiger partial charge in [0.05, 0.1) is 11.6 Å². The molecule has 0 spiro atoms. The van der Waals surface area contributed by atoms with Crippen LogP contribution in [0.5, 0.6) is 0 Å². The molecule has 0 aliphatic rings. The van der Waals surface area contributed by atoms with Crippen LogP contribution in [0.1, 0.15) is 17.2 Å². The van der Waals surface area contributed by atoms with Crippen molar-refractivity contribution in [3.8, 4) is 0 Å². The van der Waals surface area contributed by atoms with E-state index in [1.807, 2.05) is 36.4 Å². The predicted molar refractivity (Wildman–Crippen MR) is 99.7 cm³/mol. The van der Waals surface area contributed by atoms with Gasteiger partial charge in [0.25, 0.3) is 0 Å². The minimum Gasteiger partial charge on any atom is -0.387 e. The van der Waals surface area contributed by atoms with Gasteiger partial charge < -0.3 is 10.4 Å². The van der Waals surface area contributed by atoms with Crippen LogP contribution in [0.2, 0.25) is 10.2 Å². The van der Waals surface area contributed by atoms with E-state index in [2.05, 4.69) is 16.4 Å². The van der Waals surface area contributed by atoms with Crippen molar-refractivity contribution in [2.24, 2.45) is 0 Å². The van der Waals surface area contributed by atoms with Crippen LogP contribution >= 0.6 is 23.2 Å². The third-order valence-corrected chi connectivity index (χ3v) is 4.45. The Bertz CT molecular complexity index is 838. The number of aliphatic hydroxyl groups is 1. The summed E-state index contributed by atoms with van der Waals surface area (Å²) >= 11 is 12.2. The number of halogens is 2. The quantitative estimate of drug-likeness (QED) is 0.505. The second-order valence-corrected chi connectivity index (χ2v) is 6.45. The number of aliphatic hydroxyl groups excluding tert-OH is 1. The molecule has 0 fully saturated rings. The Morgan fingerprint density at radius 1 is 1.04 bits per heavy atom. The fourth-order valence-corrected chi connectivity index (χ4v) is 3.04. The number of aromatic nitrogens is 1. The molecule has 3 rings (SSSR count). The SMILES string of the molecule is OC(CNCCc1cc2ccccc2nc1Cl)c1cccc(Cl)c1. The Balaban J connectivity index is 1.56. The summed E-state index contributed by atoms with van der Waals surface area (Å²) in [6, 6.07) is 17.2. The molecule has 1 heterocycles. The smallest absolute Gasteiger partial charge is 0.133 e. The molecule has 5 heteroatoms. The van der Waals surface area contributed by atoms with Crippen molar-refractivity contribution in [2.75, 3.05) is 13.1 Å². The first-order valence-corrected chi connectivity index (χ1v) is 8.57. The molecule has 124 valence electrons. The van der Waals surface area contributed by atoms with Crippen molar-refractivity contribution >= 4 is 34.1 Å². The highest BCUT2D eigenvalue weighted by atomic mass is 35.5. The summed E-state index contributed by atoms with van der Waals surface area (Å²) < 4.78 is 0. The molecule has 0 saturated carbocycles. The molecule has 2 aromatic carbocycles. The van der Waals surface area contributed by atoms with Crippen LogP contribution in [-0.4, -0.2) is 23.2 Å². The normalized spacial score (nSPS) is 12.5. The Kier molecular flexibility index (Phi) is 5.69. The molecule has 1 atom stereocenters. The minimum absolute atomic E-state index is 0.457. The van der Waals surface area contributed by atoms with E-state index in [-0.39, 0.29) is 0 Å². The van der Waals surface area contributed by atoms with Crippen LogP contribution in [0.4, 0.5) is 0 Å². The lowest BCUT2D eigenvalue weighted by Crippen LogP contribution is -2.23. The summed E-state index contributed by atoms with van der Waals surface area (Å²) in [5.41, 5.74) is 2.70. The van der Waals surface area contributed by atoms with Crippen LogP contribution in [0.25, 0.3) is 10.9 Å². The van der Waals surface area contributed by atoms with Gasteiger partial charge in [-0.05, 0) is 48.4 Å². The third-order valence-electron chi connectivity index (χ3n) is 3.89. The highest BCUT2D eigenvalue weighted by Gasteiger charge is 2.08. The van der Waals surface area contributed by atoms with Crippen LogP contribution in [0.3, 0.4) is 0 Å². The maximum absolute atomic E-state index is 10.2. The zero-order valence-electron chi connectivity index (χ0n) is 13.0. The molecule has 0 bridgehead atoms. The molecule has 0 aliphatic carbocycles. The number of fused-ring (bicyclic) bond motifs is 1. The van der Waals surface area contributed by atoms with Crippen molar-refractivity contribution in [3.05, 3.63) is 75.9 Å². The van der Waals surface area contributed by atoms with Gasteiger partial charge in [-0.15, -0.1) is 0 Å². The Hall–Kier alpha value is -1.65. The van der Waals surface area contributed by atoms with Gasteiger partial charge in [0.1, 0.15) is 5.15 Å². The van der Waals surface area contributed by atoms with E-state index < -0.39 is 6.10 Å². The van der Waals surface area contributed by atoms with E-state index in [1.165, 1.54) is 0 Å². The second kappa shape index (κ2) is 7.95. The van der Waals surface area contributed by atoms with E-state index in [9.17, 15) is 5.11 Å². The average molecular weight is 361 g/mol. The topological polar surface area (TPSA) is 45.1 Å². The number of rotatable bonds is 6. The van der Waals surface area contributed by atoms with Crippen LogP contribution < -0.4 is 5.32 Å². The van der Waals surface area contributed by atoms with Gasteiger partial charge in [0.15, 0.2) is 0 Å². The highest BCUT2D eigenvalue weighted by Crippen LogP contribution is 2.21. The van der Waals surface area contributed by atoms with E-state index in [1.54, 1.807) is 12.1 Å². The van der Waals surface area contributed by atoms with Crippen LogP contribution in [0, 0.1) is 0 Å². The molecule has 3 nitrogen and oxygen atoms in total. The molecule has 0 aliphatic heterocycles. The highest BCUT2D eigenvalue weighted by molar-refractivity contribution is 6.30. The molecule has 3 aromatic rings. The molecule has 1 unspecified atom stereocenters. The van der Waals surface area contributed by atoms with Crippen molar-refractivity contribution in [1.82, 2.24) is 10.3 Å². The van der Waals surface area contributed by atoms with Gasteiger partial charge >= 0.3 is 0 Å². The molecule has 0 radical (unpaired) electrons. The van der Waals surface area contributed by atoms with Gasteiger partial charge in [-0.3, -0.25) is 0 Å². The summed E-state index contributed by atoms with van der Waals surface area (Å²) in [4.78, 5) is 4.42. The first kappa shape index (κ1) is 17.2. The largest absolute Gasteiger partial charge is 0.387 e. The zero-order valence-corrected chi connectivity index (χ0v) is 14.6. The lowest BCUT2D eigenvalue weighted by molar-refractivity contribution is 0.175. The molecule has 0 saturated heterocycles. The molecule has 1 aromatic heterocycles. The average Bonchev–Trinajstić information content (AvgIpc) is 2.58. The number of hydrogen-bond acceptors (Lipinski definition) is 3. The van der Waals surface area contributed by atoms with E-state index in [0.29, 0.717) is 23.3 Å². The Labute approximate surface area is 151 Å². The van der Waals surface area contributed by atoms with Gasteiger partial charge in [-0.25, -0.2) is 4.98 Å². The number of para-hydroxylation sites is 1. The second-order valence-electron chi connectivity index (χ2n) is 5.66. The number of hydrogen-bond donors (Lipinski definition) is 2. The number of nitrogens with zero attached hydrogens (tertiary/aromatic N) is 1. The monoisotopic (exact) mass is 360 g/mol. The lowest BCUT2D eigenvalue weighted by Gasteiger charge is -2.13. The van der Waals surface area contributed by atoms with E-state index in [0.717, 1.165) is 28.5 Å². The third kappa shape index (κ3) is 4.25. The van der Waals surface area contributed by atoms with Crippen LogP contribution in [0.15, 0.2) is 54.6 Å². The summed E-state index contributed by atoms with van der Waals surface area (Å²) in [7, 11) is 0. The number of nitrogens with one attached hydrogen (secondary N) is 1. The fraction of sp³-hybridized carbons (Fsp3) is 0.211. The van der Waals surface area contributed by atoms with Gasteiger partial charge in [0.2, 0.25) is 0 Å². The van der Waals surface area contributed by atoms with E-state index in [4.69, 9.17) is 23.2 Å². The fourth-order valence-electron chi connectivity index (χ4n) is 2.61.